The van der Waals surface area contributed by atoms with Crippen molar-refractivity contribution in [1.29, 1.82) is 0 Å². The Balaban J connectivity index is 1.89. The second-order valence-corrected chi connectivity index (χ2v) is 7.43. The molecule has 0 saturated carbocycles. The highest BCUT2D eigenvalue weighted by molar-refractivity contribution is 6.07. The average Bonchev–Trinajstić information content (AvgIpc) is 3.04. The average molecular weight is 354 g/mol. The topological polar surface area (TPSA) is 70.8 Å². The summed E-state index contributed by atoms with van der Waals surface area (Å²) >= 11 is 0. The van der Waals surface area contributed by atoms with Gasteiger partial charge in [-0.25, -0.2) is 9.97 Å². The molecule has 5 nitrogen and oxygen atoms in total. The number of unbranched alkanes of at least 4 members (excludes halogenated alkanes) is 3. The number of hydrogen-bond donors (Lipinski definition) is 2. The highest BCUT2D eigenvalue weighted by atomic mass is 15.0. The number of rotatable bonds is 9. The third kappa shape index (κ3) is 4.15. The standard InChI is InChI=1S/C21H31N5/c1-4-5-13-17-24-19-18-15(10-7-6-8-14-26(2)3)11-9-12-16(18)23-21(22)20(19)25-17/h9,11-12H,4-8,10,13-14H2,1-3H3,(H2,22,23)(H,24,25). The number of anilines is 1. The molecule has 0 atom stereocenters. The monoisotopic (exact) mass is 353 g/mol. The number of aromatic amines is 1. The van der Waals surface area contributed by atoms with Crippen LogP contribution in [-0.4, -0.2) is 40.5 Å². The lowest BCUT2D eigenvalue weighted by Crippen LogP contribution is -2.12. The van der Waals surface area contributed by atoms with Gasteiger partial charge in [-0.15, -0.1) is 0 Å². The molecule has 3 aromatic rings. The first-order valence-electron chi connectivity index (χ1n) is 9.80. The van der Waals surface area contributed by atoms with Crippen LogP contribution in [0.3, 0.4) is 0 Å². The molecule has 3 N–H and O–H groups in total. The molecule has 0 radical (unpaired) electrons. The van der Waals surface area contributed by atoms with E-state index in [0.29, 0.717) is 5.82 Å². The number of imidazole rings is 1. The summed E-state index contributed by atoms with van der Waals surface area (Å²) in [6.45, 7) is 3.35. The summed E-state index contributed by atoms with van der Waals surface area (Å²) < 4.78 is 0. The van der Waals surface area contributed by atoms with Gasteiger partial charge in [0.05, 0.1) is 5.52 Å². The van der Waals surface area contributed by atoms with Crippen molar-refractivity contribution < 1.29 is 0 Å². The minimum atomic E-state index is 0.547. The summed E-state index contributed by atoms with van der Waals surface area (Å²) in [7, 11) is 4.26. The molecule has 0 amide bonds. The van der Waals surface area contributed by atoms with Crippen molar-refractivity contribution in [3.05, 3.63) is 29.6 Å². The van der Waals surface area contributed by atoms with Gasteiger partial charge in [0, 0.05) is 11.8 Å². The van der Waals surface area contributed by atoms with Gasteiger partial charge in [0.1, 0.15) is 22.7 Å². The molecule has 0 aliphatic heterocycles. The van der Waals surface area contributed by atoms with Gasteiger partial charge in [0.25, 0.3) is 0 Å². The van der Waals surface area contributed by atoms with Crippen molar-refractivity contribution in [2.24, 2.45) is 0 Å². The molecule has 0 aliphatic rings. The quantitative estimate of drug-likeness (QED) is 0.562. The fourth-order valence-electron chi connectivity index (χ4n) is 3.52. The predicted molar refractivity (Wildman–Crippen MR) is 111 cm³/mol. The van der Waals surface area contributed by atoms with E-state index in [0.717, 1.165) is 54.6 Å². The molecule has 0 saturated heterocycles. The molecule has 2 heterocycles. The van der Waals surface area contributed by atoms with E-state index in [1.807, 2.05) is 6.07 Å². The lowest BCUT2D eigenvalue weighted by molar-refractivity contribution is 0.392. The van der Waals surface area contributed by atoms with Gasteiger partial charge in [0.2, 0.25) is 0 Å². The largest absolute Gasteiger partial charge is 0.382 e. The molecule has 0 aliphatic carbocycles. The smallest absolute Gasteiger partial charge is 0.150 e. The molecule has 3 rings (SSSR count). The van der Waals surface area contributed by atoms with Crippen molar-refractivity contribution in [3.8, 4) is 0 Å². The number of nitrogens with two attached hydrogens (primary N) is 1. The second kappa shape index (κ2) is 8.49. The fourth-order valence-corrected chi connectivity index (χ4v) is 3.52. The van der Waals surface area contributed by atoms with Crippen LogP contribution < -0.4 is 5.73 Å². The van der Waals surface area contributed by atoms with Crippen molar-refractivity contribution in [2.75, 3.05) is 26.4 Å². The van der Waals surface area contributed by atoms with Crippen LogP contribution in [-0.2, 0) is 12.8 Å². The number of nitrogen functional groups attached to an aromatic ring is 1. The number of benzene rings is 1. The molecule has 0 fully saturated rings. The summed E-state index contributed by atoms with van der Waals surface area (Å²) in [5.41, 5.74) is 10.4. The minimum absolute atomic E-state index is 0.547. The highest BCUT2D eigenvalue weighted by Crippen LogP contribution is 2.30. The van der Waals surface area contributed by atoms with Crippen LogP contribution >= 0.6 is 0 Å². The van der Waals surface area contributed by atoms with Crippen LogP contribution in [0, 0.1) is 0 Å². The summed E-state index contributed by atoms with van der Waals surface area (Å²) in [4.78, 5) is 15.2. The van der Waals surface area contributed by atoms with Gasteiger partial charge < -0.3 is 15.6 Å². The van der Waals surface area contributed by atoms with Crippen molar-refractivity contribution in [3.63, 3.8) is 0 Å². The summed E-state index contributed by atoms with van der Waals surface area (Å²) in [6.07, 6.45) is 7.96. The number of nitrogens with one attached hydrogen (secondary N) is 1. The maximum absolute atomic E-state index is 6.20. The molecule has 0 bridgehead atoms. The number of nitrogens with zero attached hydrogens (tertiary/aromatic N) is 3. The van der Waals surface area contributed by atoms with E-state index in [4.69, 9.17) is 10.7 Å². The van der Waals surface area contributed by atoms with Crippen molar-refractivity contribution in [2.45, 2.75) is 51.9 Å². The van der Waals surface area contributed by atoms with E-state index >= 15 is 0 Å². The number of aromatic nitrogens is 3. The first kappa shape index (κ1) is 18.6. The molecule has 140 valence electrons. The van der Waals surface area contributed by atoms with Crippen LogP contribution in [0.1, 0.15) is 50.4 Å². The predicted octanol–water partition coefficient (Wildman–Crippen LogP) is 4.31. The molecule has 26 heavy (non-hydrogen) atoms. The van der Waals surface area contributed by atoms with Crippen LogP contribution in [0.25, 0.3) is 21.9 Å². The molecule has 2 aromatic heterocycles. The highest BCUT2D eigenvalue weighted by Gasteiger charge is 2.14. The lowest BCUT2D eigenvalue weighted by Gasteiger charge is -2.10. The van der Waals surface area contributed by atoms with Gasteiger partial charge in [-0.3, -0.25) is 0 Å². The normalized spacial score (nSPS) is 11.8. The Bertz CT molecular complexity index is 866. The summed E-state index contributed by atoms with van der Waals surface area (Å²) in [5, 5.41) is 1.17. The zero-order chi connectivity index (χ0) is 18.5. The van der Waals surface area contributed by atoms with E-state index in [2.05, 4.69) is 48.0 Å². The zero-order valence-corrected chi connectivity index (χ0v) is 16.3. The Kier molecular flexibility index (Phi) is 6.09. The number of aryl methyl sites for hydroxylation is 2. The Morgan fingerprint density at radius 1 is 1.04 bits per heavy atom. The zero-order valence-electron chi connectivity index (χ0n) is 16.3. The molecule has 5 heteroatoms. The lowest BCUT2D eigenvalue weighted by atomic mass is 10.0. The molecular formula is C21H31N5. The fraction of sp³-hybridized carbons (Fsp3) is 0.524. The maximum atomic E-state index is 6.20. The van der Waals surface area contributed by atoms with E-state index in [-0.39, 0.29) is 0 Å². The third-order valence-corrected chi connectivity index (χ3v) is 4.93. The van der Waals surface area contributed by atoms with Crippen molar-refractivity contribution >= 4 is 27.8 Å². The van der Waals surface area contributed by atoms with Gasteiger partial charge >= 0.3 is 0 Å². The van der Waals surface area contributed by atoms with E-state index in [1.54, 1.807) is 0 Å². The Labute approximate surface area is 156 Å². The number of H-pyrrole nitrogens is 1. The van der Waals surface area contributed by atoms with Crippen LogP contribution in [0.4, 0.5) is 5.82 Å². The van der Waals surface area contributed by atoms with Crippen LogP contribution in [0.2, 0.25) is 0 Å². The maximum Gasteiger partial charge on any atom is 0.150 e. The van der Waals surface area contributed by atoms with Gasteiger partial charge in [-0.05, 0) is 58.0 Å². The molecule has 0 unspecified atom stereocenters. The van der Waals surface area contributed by atoms with E-state index in [1.165, 1.54) is 30.2 Å². The SMILES string of the molecule is CCCCc1nc2c([nH]1)c(N)nc1cccc(CCCCCN(C)C)c12. The first-order chi connectivity index (χ1) is 12.6. The number of fused-ring (bicyclic) bond motifs is 3. The number of hydrogen-bond acceptors (Lipinski definition) is 4. The first-order valence-corrected chi connectivity index (χ1v) is 9.80. The molecule has 0 spiro atoms. The second-order valence-electron chi connectivity index (χ2n) is 7.43. The Morgan fingerprint density at radius 3 is 2.65 bits per heavy atom. The molecular weight excluding hydrogens is 322 g/mol. The minimum Gasteiger partial charge on any atom is -0.382 e. The van der Waals surface area contributed by atoms with Crippen LogP contribution in [0.15, 0.2) is 18.2 Å². The summed E-state index contributed by atoms with van der Waals surface area (Å²) in [6, 6.07) is 6.34. The van der Waals surface area contributed by atoms with Gasteiger partial charge in [0.15, 0.2) is 0 Å². The number of pyridine rings is 1. The van der Waals surface area contributed by atoms with Crippen LogP contribution in [0.5, 0.6) is 0 Å². The van der Waals surface area contributed by atoms with Gasteiger partial charge in [-0.1, -0.05) is 31.9 Å². The Morgan fingerprint density at radius 2 is 1.88 bits per heavy atom. The molecule has 1 aromatic carbocycles. The third-order valence-electron chi connectivity index (χ3n) is 4.93. The van der Waals surface area contributed by atoms with E-state index < -0.39 is 0 Å². The van der Waals surface area contributed by atoms with Crippen molar-refractivity contribution in [1.82, 2.24) is 19.9 Å². The van der Waals surface area contributed by atoms with Gasteiger partial charge in [-0.2, -0.15) is 0 Å². The van der Waals surface area contributed by atoms with E-state index in [9.17, 15) is 0 Å². The summed E-state index contributed by atoms with van der Waals surface area (Å²) in [5.74, 6) is 1.56. The Hall–Kier alpha value is -2.14.